The second-order valence-electron chi connectivity index (χ2n) is 6.44. The number of piperidine rings is 1. The number of aliphatic hydroxyl groups is 1. The number of methoxy groups -OCH3 is 1. The van der Waals surface area contributed by atoms with E-state index in [0.717, 1.165) is 5.56 Å². The van der Waals surface area contributed by atoms with E-state index in [1.54, 1.807) is 12.2 Å². The number of nitrogens with zero attached hydrogens (tertiary/aromatic N) is 1. The van der Waals surface area contributed by atoms with E-state index in [4.69, 9.17) is 22.9 Å². The summed E-state index contributed by atoms with van der Waals surface area (Å²) in [5.74, 6) is 0.0133. The van der Waals surface area contributed by atoms with Crippen LogP contribution in [0.3, 0.4) is 0 Å². The van der Waals surface area contributed by atoms with Crippen molar-refractivity contribution < 1.29 is 22.8 Å². The van der Waals surface area contributed by atoms with Gasteiger partial charge in [-0.2, -0.15) is 0 Å². The summed E-state index contributed by atoms with van der Waals surface area (Å²) in [6.45, 7) is -2.31. The third-order valence-corrected chi connectivity index (χ3v) is 5.64. The van der Waals surface area contributed by atoms with Crippen molar-refractivity contribution in [3.8, 4) is 11.5 Å². The highest BCUT2D eigenvalue weighted by atomic mass is 16.5. The minimum absolute atomic E-state index is 0.00165. The first kappa shape index (κ1) is 7.84. The van der Waals surface area contributed by atoms with Crippen LogP contribution in [-0.2, 0) is 11.8 Å². The normalized spacial score (nSPS) is 49.5. The van der Waals surface area contributed by atoms with Gasteiger partial charge in [-0.1, -0.05) is 18.2 Å². The van der Waals surface area contributed by atoms with Crippen LogP contribution in [0.15, 0.2) is 24.2 Å². The predicted octanol–water partition coefficient (Wildman–Crippen LogP) is 1.50. The summed E-state index contributed by atoms with van der Waals surface area (Å²) in [6.07, 6.45) is 2.48. The van der Waals surface area contributed by atoms with Crippen LogP contribution in [0.5, 0.6) is 11.5 Å². The Morgan fingerprint density at radius 3 is 3.36 bits per heavy atom. The smallest absolute Gasteiger partial charge is 0.211 e. The van der Waals surface area contributed by atoms with Crippen LogP contribution in [0.1, 0.15) is 25.8 Å². The maximum Gasteiger partial charge on any atom is 0.211 e. The summed E-state index contributed by atoms with van der Waals surface area (Å²) in [4.78, 5) is 1.23. The monoisotopic (exact) mass is 306 g/mol. The zero-order chi connectivity index (χ0) is 20.9. The molecule has 1 saturated heterocycles. The Bertz CT molecular complexity index is 935. The molecule has 0 saturated carbocycles. The minimum atomic E-state index is -2.46. The van der Waals surface area contributed by atoms with Gasteiger partial charge in [0.25, 0.3) is 0 Å². The number of rotatable bonds is 2. The van der Waals surface area contributed by atoms with Crippen molar-refractivity contribution >= 4 is 0 Å². The Labute approximate surface area is 140 Å². The molecule has 5 rings (SSSR count). The number of likely N-dealkylation sites (N-methyl/N-ethyl adjacent to an activating group) is 1. The highest BCUT2D eigenvalue weighted by molar-refractivity contribution is 5.62. The van der Waals surface area contributed by atoms with Crippen molar-refractivity contribution in [3.05, 3.63) is 35.4 Å². The summed E-state index contributed by atoms with van der Waals surface area (Å²) >= 11 is 0. The number of hydrogen-bond acceptors (Lipinski definition) is 4. The molecular formula is C18H21NO3. The van der Waals surface area contributed by atoms with Gasteiger partial charge >= 0.3 is 0 Å². The third-order valence-electron chi connectivity index (χ3n) is 5.64. The predicted molar refractivity (Wildman–Crippen MR) is 82.5 cm³/mol. The van der Waals surface area contributed by atoms with E-state index >= 15 is 0 Å². The highest BCUT2D eigenvalue weighted by Gasteiger charge is 2.64. The van der Waals surface area contributed by atoms with Crippen LogP contribution in [-0.4, -0.2) is 50.3 Å². The van der Waals surface area contributed by atoms with Gasteiger partial charge in [0, 0.05) is 28.4 Å². The molecule has 0 amide bonds. The summed E-state index contributed by atoms with van der Waals surface area (Å²) in [5.41, 5.74) is 0.390. The largest absolute Gasteiger partial charge is 0.493 e. The van der Waals surface area contributed by atoms with Crippen molar-refractivity contribution in [3.63, 3.8) is 0 Å². The minimum Gasteiger partial charge on any atom is -0.493 e. The molecule has 1 aromatic rings. The van der Waals surface area contributed by atoms with Gasteiger partial charge in [-0.15, -0.1) is 0 Å². The van der Waals surface area contributed by atoms with Gasteiger partial charge in [0.1, 0.15) is 12.2 Å². The molecule has 4 nitrogen and oxygen atoms in total. The van der Waals surface area contributed by atoms with Crippen LogP contribution in [0.25, 0.3) is 0 Å². The van der Waals surface area contributed by atoms with Crippen LogP contribution < -0.4 is 9.47 Å². The molecule has 2 aliphatic carbocycles. The third kappa shape index (κ3) is 1.28. The molecule has 5 atom stereocenters. The van der Waals surface area contributed by atoms with Crippen molar-refractivity contribution in [2.24, 2.45) is 5.92 Å². The summed E-state index contributed by atoms with van der Waals surface area (Å²) in [5, 5.41) is 4.91. The van der Waals surface area contributed by atoms with Gasteiger partial charge in [0.05, 0.1) is 9.85 Å². The van der Waals surface area contributed by atoms with E-state index in [1.807, 2.05) is 0 Å². The fourth-order valence-electron chi connectivity index (χ4n) is 4.77. The Morgan fingerprint density at radius 2 is 2.55 bits per heavy atom. The second-order valence-corrected chi connectivity index (χ2v) is 6.44. The fourth-order valence-corrected chi connectivity index (χ4v) is 4.77. The summed E-state index contributed by atoms with van der Waals surface area (Å²) in [6, 6.07) is -1.74. The standard InChI is InChI=1S/C18H21NO3/c1-19-8-7-18-11-4-5-13(20)17(18)22-16-14(21-2)6-3-10(15(16)18)9-12(11)19/h3-6,11-13,17,20H,7-9H2,1-2H3/t11-,12+,13?,17?,18-/m0/s1/i1D3,3D,6D,12D,20D. The van der Waals surface area contributed by atoms with E-state index in [2.05, 4.69) is 0 Å². The summed E-state index contributed by atoms with van der Waals surface area (Å²) in [7, 11) is 1.42. The Hall–Kier alpha value is -1.52. The Kier molecular flexibility index (Phi) is 1.45. The van der Waals surface area contributed by atoms with Crippen LogP contribution in [0.2, 0.25) is 0 Å². The van der Waals surface area contributed by atoms with Crippen LogP contribution >= 0.6 is 0 Å². The molecule has 0 aromatic heterocycles. The lowest BCUT2D eigenvalue weighted by Gasteiger charge is -2.56. The van der Waals surface area contributed by atoms with Crippen LogP contribution in [0, 0.1) is 5.92 Å². The first-order chi connectivity index (χ1) is 13.6. The molecule has 4 heteroatoms. The molecule has 2 unspecified atom stereocenters. The molecule has 22 heavy (non-hydrogen) atoms. The number of ether oxygens (including phenoxy) is 2. The topological polar surface area (TPSA) is 41.9 Å². The molecule has 2 aliphatic heterocycles. The molecule has 1 aromatic carbocycles. The number of likely N-dealkylation sites (tertiary alicyclic amines) is 1. The second kappa shape index (κ2) is 4.06. The quantitative estimate of drug-likeness (QED) is 0.841. The van der Waals surface area contributed by atoms with E-state index in [-0.39, 0.29) is 30.8 Å². The average molecular weight is 306 g/mol. The van der Waals surface area contributed by atoms with Gasteiger partial charge in [0.2, 0.25) is 1.43 Å². The molecule has 1 N–H and O–H groups in total. The molecule has 0 radical (unpaired) electrons. The lowest BCUT2D eigenvalue weighted by atomic mass is 9.53. The zero-order valence-corrected chi connectivity index (χ0v) is 12.2. The lowest BCUT2D eigenvalue weighted by molar-refractivity contribution is -0.0453. The molecule has 1 fully saturated rings. The first-order valence-electron chi connectivity index (χ1n) is 11.0. The van der Waals surface area contributed by atoms with Crippen molar-refractivity contribution in [1.29, 1.82) is 1.43 Å². The molecular weight excluding hydrogens is 278 g/mol. The molecule has 2 bridgehead atoms. The maximum absolute atomic E-state index is 9.31. The van der Waals surface area contributed by atoms with E-state index in [0.29, 0.717) is 17.7 Å². The van der Waals surface area contributed by atoms with Crippen molar-refractivity contribution in [1.82, 2.24) is 4.90 Å². The number of hydrogen-bond donors (Lipinski definition) is 1. The number of aliphatic hydroxyl groups excluding tert-OH is 1. The van der Waals surface area contributed by atoms with Gasteiger partial charge in [-0.25, -0.2) is 0 Å². The SMILES string of the molecule is [2H]OC1C=C[C@@H]2[C@@]34CCN(C([2H])([2H])[2H])[C@]2([2H])Cc2c([2H])c([2H])c(OC)c(c23)OC14. The lowest BCUT2D eigenvalue weighted by Crippen LogP contribution is -2.64. The molecule has 116 valence electrons. The zero-order valence-electron chi connectivity index (χ0n) is 19.2. The van der Waals surface area contributed by atoms with Gasteiger partial charge in [0.15, 0.2) is 11.5 Å². The Balaban J connectivity index is 1.85. The first-order valence-corrected chi connectivity index (χ1v) is 7.56. The maximum atomic E-state index is 9.31. The molecule has 4 aliphatic rings. The highest BCUT2D eigenvalue weighted by Crippen LogP contribution is 2.62. The van der Waals surface area contributed by atoms with E-state index in [9.17, 15) is 1.37 Å². The Morgan fingerprint density at radius 1 is 1.59 bits per heavy atom. The average Bonchev–Trinajstić information content (AvgIpc) is 2.97. The summed E-state index contributed by atoms with van der Waals surface area (Å²) < 4.78 is 69.4. The fraction of sp³-hybridized carbons (Fsp3) is 0.556. The van der Waals surface area contributed by atoms with Gasteiger partial charge in [-0.3, -0.25) is 0 Å². The van der Waals surface area contributed by atoms with Gasteiger partial charge in [-0.05, 0) is 38.0 Å². The number of benzene rings is 1. The molecule has 2 heterocycles. The van der Waals surface area contributed by atoms with E-state index in [1.165, 1.54) is 12.0 Å². The molecule has 1 spiro atoms. The van der Waals surface area contributed by atoms with Gasteiger partial charge < -0.3 is 19.5 Å². The van der Waals surface area contributed by atoms with Crippen molar-refractivity contribution in [2.45, 2.75) is 36.5 Å². The van der Waals surface area contributed by atoms with Crippen molar-refractivity contribution in [2.75, 3.05) is 20.6 Å². The van der Waals surface area contributed by atoms with Crippen LogP contribution in [0.4, 0.5) is 0 Å². The van der Waals surface area contributed by atoms with E-state index < -0.39 is 36.5 Å².